The number of rotatable bonds is 3. The summed E-state index contributed by atoms with van der Waals surface area (Å²) in [5.74, 6) is 0.824. The minimum absolute atomic E-state index is 0.330. The fraction of sp³-hybridized carbons (Fsp3) is 0.450. The fourth-order valence-corrected chi connectivity index (χ4v) is 5.94. The summed E-state index contributed by atoms with van der Waals surface area (Å²) in [6.45, 7) is 3.65. The first kappa shape index (κ1) is 17.1. The molecule has 3 aromatic rings. The molecule has 0 radical (unpaired) electrons. The number of amides is 1. The highest BCUT2D eigenvalue weighted by Gasteiger charge is 2.27. The number of carbonyl (C=O) groups is 1. The van der Waals surface area contributed by atoms with Gasteiger partial charge in [0.1, 0.15) is 5.52 Å². The molecule has 0 saturated carbocycles. The summed E-state index contributed by atoms with van der Waals surface area (Å²) >= 11 is 3.56. The molecule has 0 spiro atoms. The maximum atomic E-state index is 12.8. The zero-order valence-corrected chi connectivity index (χ0v) is 16.8. The molecule has 1 amide bonds. The number of anilines is 1. The van der Waals surface area contributed by atoms with Crippen molar-refractivity contribution in [1.82, 2.24) is 14.9 Å². The van der Waals surface area contributed by atoms with Gasteiger partial charge in [-0.2, -0.15) is 0 Å². The van der Waals surface area contributed by atoms with Gasteiger partial charge in [0.2, 0.25) is 5.91 Å². The lowest BCUT2D eigenvalue weighted by molar-refractivity contribution is -0.133. The Kier molecular flexibility index (Phi) is 4.57. The Balaban J connectivity index is 1.17. The first-order chi connectivity index (χ1) is 13.3. The average molecular weight is 399 g/mol. The zero-order chi connectivity index (χ0) is 18.2. The summed E-state index contributed by atoms with van der Waals surface area (Å²) < 4.78 is 1.19. The van der Waals surface area contributed by atoms with Gasteiger partial charge in [-0.15, -0.1) is 11.3 Å². The van der Waals surface area contributed by atoms with Crippen LogP contribution < -0.4 is 4.90 Å². The highest BCUT2D eigenvalue weighted by molar-refractivity contribution is 7.22. The van der Waals surface area contributed by atoms with Crippen molar-refractivity contribution in [2.45, 2.75) is 32.2 Å². The standard InChI is InChI=1S/C20H22N4OS2/c25-19(24-9-4-17-15(13-24)5-10-26-17)11-14-2-7-23(8-3-14)20-22-16-12-21-6-1-18(16)27-20/h1,5-6,10,12,14H,2-4,7-9,11,13H2. The van der Waals surface area contributed by atoms with Crippen molar-refractivity contribution >= 4 is 43.9 Å². The van der Waals surface area contributed by atoms with Gasteiger partial charge in [-0.3, -0.25) is 9.78 Å². The van der Waals surface area contributed by atoms with Gasteiger partial charge in [-0.05, 0) is 48.3 Å². The fourth-order valence-electron chi connectivity index (χ4n) is 4.07. The number of aromatic nitrogens is 2. The van der Waals surface area contributed by atoms with E-state index in [1.807, 2.05) is 29.8 Å². The van der Waals surface area contributed by atoms with E-state index >= 15 is 0 Å². The molecule has 140 valence electrons. The maximum Gasteiger partial charge on any atom is 0.223 e. The number of pyridine rings is 1. The van der Waals surface area contributed by atoms with Crippen molar-refractivity contribution in [3.05, 3.63) is 40.3 Å². The third-order valence-electron chi connectivity index (χ3n) is 5.69. The molecule has 2 aliphatic rings. The number of fused-ring (bicyclic) bond motifs is 2. The van der Waals surface area contributed by atoms with Gasteiger partial charge in [0, 0.05) is 43.7 Å². The average Bonchev–Trinajstić information content (AvgIpc) is 3.34. The van der Waals surface area contributed by atoms with Crippen LogP contribution in [0.4, 0.5) is 5.13 Å². The molecule has 5 rings (SSSR count). The molecule has 2 aliphatic heterocycles. The monoisotopic (exact) mass is 398 g/mol. The molecule has 3 aromatic heterocycles. The van der Waals surface area contributed by atoms with Gasteiger partial charge >= 0.3 is 0 Å². The van der Waals surface area contributed by atoms with E-state index in [2.05, 4.69) is 26.2 Å². The van der Waals surface area contributed by atoms with Gasteiger partial charge in [0.05, 0.1) is 10.9 Å². The molecule has 1 saturated heterocycles. The summed E-state index contributed by atoms with van der Waals surface area (Å²) in [5, 5.41) is 3.23. The first-order valence-corrected chi connectivity index (χ1v) is 11.2. The first-order valence-electron chi connectivity index (χ1n) is 9.55. The van der Waals surface area contributed by atoms with Gasteiger partial charge < -0.3 is 9.80 Å². The molecule has 1 fully saturated rings. The second kappa shape index (κ2) is 7.20. The lowest BCUT2D eigenvalue weighted by atomic mass is 9.93. The molecular weight excluding hydrogens is 376 g/mol. The summed E-state index contributed by atoms with van der Waals surface area (Å²) in [7, 11) is 0. The predicted molar refractivity (Wildman–Crippen MR) is 110 cm³/mol. The summed E-state index contributed by atoms with van der Waals surface area (Å²) in [4.78, 5) is 27.5. The normalized spacial score (nSPS) is 18.1. The second-order valence-corrected chi connectivity index (χ2v) is 9.42. The molecule has 5 heterocycles. The van der Waals surface area contributed by atoms with Crippen molar-refractivity contribution < 1.29 is 4.79 Å². The summed E-state index contributed by atoms with van der Waals surface area (Å²) in [6.07, 6.45) is 7.50. The Morgan fingerprint density at radius 3 is 2.96 bits per heavy atom. The molecule has 7 heteroatoms. The Morgan fingerprint density at radius 2 is 2.11 bits per heavy atom. The van der Waals surface area contributed by atoms with Crippen LogP contribution in [0.15, 0.2) is 29.9 Å². The zero-order valence-electron chi connectivity index (χ0n) is 15.1. The number of nitrogens with zero attached hydrogens (tertiary/aromatic N) is 4. The number of piperidine rings is 1. The predicted octanol–water partition coefficient (Wildman–Crippen LogP) is 3.94. The van der Waals surface area contributed by atoms with Gasteiger partial charge in [0.15, 0.2) is 5.13 Å². The van der Waals surface area contributed by atoms with Crippen LogP contribution in [0.3, 0.4) is 0 Å². The lowest BCUT2D eigenvalue weighted by Gasteiger charge is -2.33. The van der Waals surface area contributed by atoms with E-state index < -0.39 is 0 Å². The maximum absolute atomic E-state index is 12.8. The summed E-state index contributed by atoms with van der Waals surface area (Å²) in [6, 6.07) is 4.20. The highest BCUT2D eigenvalue weighted by atomic mass is 32.1. The molecule has 0 bridgehead atoms. The van der Waals surface area contributed by atoms with E-state index in [0.717, 1.165) is 56.1 Å². The van der Waals surface area contributed by atoms with Crippen LogP contribution in [-0.2, 0) is 17.8 Å². The molecule has 27 heavy (non-hydrogen) atoms. The van der Waals surface area contributed by atoms with E-state index in [-0.39, 0.29) is 0 Å². The van der Waals surface area contributed by atoms with Crippen LogP contribution in [0.2, 0.25) is 0 Å². The third-order valence-corrected chi connectivity index (χ3v) is 7.81. The van der Waals surface area contributed by atoms with Crippen LogP contribution in [0.5, 0.6) is 0 Å². The largest absolute Gasteiger partial charge is 0.348 e. The smallest absolute Gasteiger partial charge is 0.223 e. The minimum atomic E-state index is 0.330. The molecule has 0 aliphatic carbocycles. The molecule has 0 N–H and O–H groups in total. The number of hydrogen-bond acceptors (Lipinski definition) is 6. The molecule has 0 aromatic carbocycles. The van der Waals surface area contributed by atoms with Gasteiger partial charge in [-0.25, -0.2) is 4.98 Å². The lowest BCUT2D eigenvalue weighted by Crippen LogP contribution is -2.39. The minimum Gasteiger partial charge on any atom is -0.348 e. The van der Waals surface area contributed by atoms with Gasteiger partial charge in [-0.1, -0.05) is 11.3 Å². The van der Waals surface area contributed by atoms with Crippen LogP contribution in [0.1, 0.15) is 29.7 Å². The van der Waals surface area contributed by atoms with E-state index in [0.29, 0.717) is 18.2 Å². The molecular formula is C20H22N4OS2. The SMILES string of the molecule is O=C(CC1CCN(c2nc3cnccc3s2)CC1)N1CCc2sccc2C1. The Labute approximate surface area is 166 Å². The number of hydrogen-bond donors (Lipinski definition) is 0. The summed E-state index contributed by atoms with van der Waals surface area (Å²) in [5.41, 5.74) is 2.33. The van der Waals surface area contributed by atoms with E-state index in [1.165, 1.54) is 15.1 Å². The van der Waals surface area contributed by atoms with Crippen molar-refractivity contribution in [2.75, 3.05) is 24.5 Å². The van der Waals surface area contributed by atoms with Crippen LogP contribution in [0, 0.1) is 5.92 Å². The van der Waals surface area contributed by atoms with Crippen LogP contribution in [-0.4, -0.2) is 40.4 Å². The Hall–Kier alpha value is -1.99. The van der Waals surface area contributed by atoms with Crippen molar-refractivity contribution in [3.8, 4) is 0 Å². The van der Waals surface area contributed by atoms with Crippen LogP contribution >= 0.6 is 22.7 Å². The number of thiophene rings is 1. The number of thiazole rings is 1. The highest BCUT2D eigenvalue weighted by Crippen LogP contribution is 2.32. The second-order valence-electron chi connectivity index (χ2n) is 7.41. The Morgan fingerprint density at radius 1 is 1.22 bits per heavy atom. The topological polar surface area (TPSA) is 49.3 Å². The van der Waals surface area contributed by atoms with Gasteiger partial charge in [0.25, 0.3) is 0 Å². The van der Waals surface area contributed by atoms with Crippen molar-refractivity contribution in [2.24, 2.45) is 5.92 Å². The molecule has 0 atom stereocenters. The molecule has 5 nitrogen and oxygen atoms in total. The molecule has 0 unspecified atom stereocenters. The van der Waals surface area contributed by atoms with Crippen molar-refractivity contribution in [3.63, 3.8) is 0 Å². The van der Waals surface area contributed by atoms with E-state index in [9.17, 15) is 4.79 Å². The van der Waals surface area contributed by atoms with Crippen LogP contribution in [0.25, 0.3) is 10.2 Å². The Bertz CT molecular complexity index is 925. The quantitative estimate of drug-likeness (QED) is 0.670. The third kappa shape index (κ3) is 3.46. The van der Waals surface area contributed by atoms with E-state index in [4.69, 9.17) is 4.98 Å². The number of carbonyl (C=O) groups excluding carboxylic acids is 1. The van der Waals surface area contributed by atoms with Crippen molar-refractivity contribution in [1.29, 1.82) is 0 Å². The van der Waals surface area contributed by atoms with E-state index in [1.54, 1.807) is 11.3 Å².